The fourth-order valence-corrected chi connectivity index (χ4v) is 2.07. The fourth-order valence-electron chi connectivity index (χ4n) is 2.07. The molecule has 0 radical (unpaired) electrons. The highest BCUT2D eigenvalue weighted by atomic mass is 16.5. The van der Waals surface area contributed by atoms with E-state index in [9.17, 15) is 0 Å². The zero-order chi connectivity index (χ0) is 13.1. The number of ether oxygens (including phenoxy) is 1. The van der Waals surface area contributed by atoms with Crippen molar-refractivity contribution in [3.05, 3.63) is 0 Å². The van der Waals surface area contributed by atoms with Gasteiger partial charge in [0.2, 0.25) is 0 Å². The van der Waals surface area contributed by atoms with Crippen molar-refractivity contribution in [3.8, 4) is 0 Å². The van der Waals surface area contributed by atoms with Crippen LogP contribution in [0, 0.1) is 0 Å². The van der Waals surface area contributed by atoms with Gasteiger partial charge in [0, 0.05) is 18.7 Å². The Balaban J connectivity index is 3.54. The molecular formula is C14H32N2O. The normalized spacial score (nSPS) is 15.2. The summed E-state index contributed by atoms with van der Waals surface area (Å²) < 4.78 is 5.40. The van der Waals surface area contributed by atoms with Gasteiger partial charge >= 0.3 is 0 Å². The smallest absolute Gasteiger partial charge is 0.0616 e. The molecule has 2 atom stereocenters. The van der Waals surface area contributed by atoms with Gasteiger partial charge < -0.3 is 15.0 Å². The van der Waals surface area contributed by atoms with Crippen LogP contribution in [0.1, 0.15) is 47.5 Å². The molecule has 0 amide bonds. The number of rotatable bonds is 11. The fraction of sp³-hybridized carbons (Fsp3) is 1.00. The van der Waals surface area contributed by atoms with Crippen molar-refractivity contribution in [1.29, 1.82) is 0 Å². The molecule has 0 bridgehead atoms. The van der Waals surface area contributed by atoms with E-state index in [0.717, 1.165) is 13.2 Å². The Labute approximate surface area is 108 Å². The summed E-state index contributed by atoms with van der Waals surface area (Å²) in [5.41, 5.74) is 0. The molecular weight excluding hydrogens is 212 g/mol. The van der Waals surface area contributed by atoms with Gasteiger partial charge in [-0.25, -0.2) is 0 Å². The molecule has 0 aromatic carbocycles. The van der Waals surface area contributed by atoms with E-state index in [4.69, 9.17) is 4.74 Å². The van der Waals surface area contributed by atoms with E-state index in [-0.39, 0.29) is 0 Å². The maximum atomic E-state index is 5.40. The predicted octanol–water partition coefficient (Wildman–Crippen LogP) is 2.51. The lowest BCUT2D eigenvalue weighted by Gasteiger charge is -2.22. The number of nitrogens with zero attached hydrogens (tertiary/aromatic N) is 1. The molecule has 0 rings (SSSR count). The van der Waals surface area contributed by atoms with Gasteiger partial charge in [-0.1, -0.05) is 13.8 Å². The number of nitrogens with one attached hydrogen (secondary N) is 1. The van der Waals surface area contributed by atoms with Gasteiger partial charge in [0.1, 0.15) is 0 Å². The molecule has 0 fully saturated rings. The Kier molecular flexibility index (Phi) is 10.9. The average Bonchev–Trinajstić information content (AvgIpc) is 2.32. The molecule has 17 heavy (non-hydrogen) atoms. The minimum atomic E-state index is 0.457. The Morgan fingerprint density at radius 1 is 1.06 bits per heavy atom. The zero-order valence-electron chi connectivity index (χ0n) is 12.5. The monoisotopic (exact) mass is 244 g/mol. The second-order valence-corrected chi connectivity index (χ2v) is 4.80. The second-order valence-electron chi connectivity index (χ2n) is 4.80. The van der Waals surface area contributed by atoms with Gasteiger partial charge in [0.15, 0.2) is 0 Å². The van der Waals surface area contributed by atoms with Crippen LogP contribution in [-0.2, 0) is 4.74 Å². The quantitative estimate of drug-likeness (QED) is 0.604. The molecule has 0 aliphatic heterocycles. The van der Waals surface area contributed by atoms with E-state index in [1.165, 1.54) is 32.5 Å². The van der Waals surface area contributed by atoms with Crippen LogP contribution in [0.5, 0.6) is 0 Å². The van der Waals surface area contributed by atoms with Crippen LogP contribution >= 0.6 is 0 Å². The van der Waals surface area contributed by atoms with Gasteiger partial charge in [-0.15, -0.1) is 0 Å². The molecule has 0 saturated heterocycles. The number of hydrogen-bond acceptors (Lipinski definition) is 3. The topological polar surface area (TPSA) is 24.5 Å². The molecule has 3 nitrogen and oxygen atoms in total. The Bertz CT molecular complexity index is 160. The summed E-state index contributed by atoms with van der Waals surface area (Å²) in [5, 5.41) is 3.58. The molecule has 0 aromatic heterocycles. The van der Waals surface area contributed by atoms with E-state index in [0.29, 0.717) is 12.1 Å². The summed E-state index contributed by atoms with van der Waals surface area (Å²) in [5.74, 6) is 0. The van der Waals surface area contributed by atoms with E-state index in [1.807, 2.05) is 6.92 Å². The molecule has 0 aromatic rings. The molecule has 2 unspecified atom stereocenters. The van der Waals surface area contributed by atoms with Crippen molar-refractivity contribution in [2.75, 3.05) is 32.8 Å². The highest BCUT2D eigenvalue weighted by Crippen LogP contribution is 2.01. The van der Waals surface area contributed by atoms with Crippen LogP contribution in [0.25, 0.3) is 0 Å². The Morgan fingerprint density at radius 2 is 1.71 bits per heavy atom. The maximum Gasteiger partial charge on any atom is 0.0616 e. The van der Waals surface area contributed by atoms with Crippen LogP contribution < -0.4 is 5.32 Å². The molecule has 0 heterocycles. The summed E-state index contributed by atoms with van der Waals surface area (Å²) in [6.07, 6.45) is 2.52. The van der Waals surface area contributed by atoms with Crippen molar-refractivity contribution in [2.45, 2.75) is 59.5 Å². The Hall–Kier alpha value is -0.120. The van der Waals surface area contributed by atoms with Gasteiger partial charge in [-0.2, -0.15) is 0 Å². The van der Waals surface area contributed by atoms with Gasteiger partial charge in [-0.3, -0.25) is 0 Å². The molecule has 0 saturated carbocycles. The van der Waals surface area contributed by atoms with Crippen molar-refractivity contribution in [1.82, 2.24) is 10.2 Å². The maximum absolute atomic E-state index is 5.40. The van der Waals surface area contributed by atoms with Crippen LogP contribution in [0.15, 0.2) is 0 Å². The average molecular weight is 244 g/mol. The van der Waals surface area contributed by atoms with E-state index < -0.39 is 0 Å². The summed E-state index contributed by atoms with van der Waals surface area (Å²) in [7, 11) is 0. The first-order chi connectivity index (χ1) is 8.13. The van der Waals surface area contributed by atoms with Crippen molar-refractivity contribution in [3.63, 3.8) is 0 Å². The highest BCUT2D eigenvalue weighted by Gasteiger charge is 2.07. The molecule has 0 spiro atoms. The van der Waals surface area contributed by atoms with Gasteiger partial charge in [-0.05, 0) is 53.2 Å². The van der Waals surface area contributed by atoms with Crippen LogP contribution in [0.3, 0.4) is 0 Å². The number of hydrogen-bond donors (Lipinski definition) is 1. The first kappa shape index (κ1) is 16.9. The molecule has 1 N–H and O–H groups in total. The first-order valence-corrected chi connectivity index (χ1v) is 7.20. The van der Waals surface area contributed by atoms with E-state index in [2.05, 4.69) is 37.9 Å². The van der Waals surface area contributed by atoms with Crippen molar-refractivity contribution in [2.24, 2.45) is 0 Å². The van der Waals surface area contributed by atoms with Crippen LogP contribution in [-0.4, -0.2) is 49.8 Å². The lowest BCUT2D eigenvalue weighted by molar-refractivity contribution is 0.123. The van der Waals surface area contributed by atoms with Crippen molar-refractivity contribution < 1.29 is 4.74 Å². The first-order valence-electron chi connectivity index (χ1n) is 7.20. The summed E-state index contributed by atoms with van der Waals surface area (Å²) in [6, 6.07) is 1.04. The molecule has 104 valence electrons. The minimum absolute atomic E-state index is 0.457. The van der Waals surface area contributed by atoms with Gasteiger partial charge in [0.25, 0.3) is 0 Å². The lowest BCUT2D eigenvalue weighted by atomic mass is 10.1. The largest absolute Gasteiger partial charge is 0.380 e. The third-order valence-corrected chi connectivity index (χ3v) is 3.15. The second kappa shape index (κ2) is 11.0. The molecule has 0 aliphatic carbocycles. The molecule has 3 heteroatoms. The van der Waals surface area contributed by atoms with Crippen molar-refractivity contribution >= 4 is 0 Å². The Morgan fingerprint density at radius 3 is 2.24 bits per heavy atom. The summed E-state index contributed by atoms with van der Waals surface area (Å²) in [6.45, 7) is 16.1. The van der Waals surface area contributed by atoms with E-state index >= 15 is 0 Å². The summed E-state index contributed by atoms with van der Waals surface area (Å²) in [4.78, 5) is 2.48. The zero-order valence-corrected chi connectivity index (χ0v) is 12.5. The third-order valence-electron chi connectivity index (χ3n) is 3.15. The van der Waals surface area contributed by atoms with Gasteiger partial charge in [0.05, 0.1) is 6.61 Å². The lowest BCUT2D eigenvalue weighted by Crippen LogP contribution is -2.38. The molecule has 0 aliphatic rings. The predicted molar refractivity (Wildman–Crippen MR) is 75.6 cm³/mol. The standard InChI is InChI=1S/C14H32N2O/c1-6-16(7-2)11-9-10-13(4)15-14(5)12-17-8-3/h13-15H,6-12H2,1-5H3. The minimum Gasteiger partial charge on any atom is -0.380 e. The third kappa shape index (κ3) is 9.57. The van der Waals surface area contributed by atoms with E-state index in [1.54, 1.807) is 0 Å². The van der Waals surface area contributed by atoms with Crippen LogP contribution in [0.2, 0.25) is 0 Å². The summed E-state index contributed by atoms with van der Waals surface area (Å²) >= 11 is 0. The van der Waals surface area contributed by atoms with Crippen LogP contribution in [0.4, 0.5) is 0 Å². The highest BCUT2D eigenvalue weighted by molar-refractivity contribution is 4.68. The SMILES string of the molecule is CCOCC(C)NC(C)CCCN(CC)CC.